The van der Waals surface area contributed by atoms with Gasteiger partial charge in [-0.2, -0.15) is 0 Å². The molecule has 0 radical (unpaired) electrons. The van der Waals surface area contributed by atoms with E-state index >= 15 is 0 Å². The summed E-state index contributed by atoms with van der Waals surface area (Å²) in [6.45, 7) is 6.62. The smallest absolute Gasteiger partial charge is 0.306 e. The van der Waals surface area contributed by atoms with Crippen molar-refractivity contribution < 1.29 is 28.6 Å². The zero-order valence-electron chi connectivity index (χ0n) is 51.0. The van der Waals surface area contributed by atoms with Crippen LogP contribution < -0.4 is 0 Å². The van der Waals surface area contributed by atoms with E-state index in [1.54, 1.807) is 0 Å². The molecule has 444 valence electrons. The van der Waals surface area contributed by atoms with E-state index in [1.165, 1.54) is 250 Å². The Kier molecular flexibility index (Phi) is 62.6. The van der Waals surface area contributed by atoms with Gasteiger partial charge >= 0.3 is 17.9 Å². The Balaban J connectivity index is 4.02. The number of hydrogen-bond donors (Lipinski definition) is 0. The number of rotatable bonds is 62. The predicted octanol–water partition coefficient (Wildman–Crippen LogP) is 22.9. The lowest BCUT2D eigenvalue weighted by molar-refractivity contribution is -0.167. The number of hydrogen-bond acceptors (Lipinski definition) is 6. The second kappa shape index (κ2) is 64.9. The van der Waals surface area contributed by atoms with E-state index in [1.807, 2.05) is 0 Å². The van der Waals surface area contributed by atoms with Gasteiger partial charge in [-0.05, 0) is 83.5 Å². The van der Waals surface area contributed by atoms with Crippen molar-refractivity contribution in [3.05, 3.63) is 48.6 Å². The van der Waals surface area contributed by atoms with Gasteiger partial charge in [-0.1, -0.05) is 307 Å². The van der Waals surface area contributed by atoms with Gasteiger partial charge in [0, 0.05) is 19.3 Å². The van der Waals surface area contributed by atoms with Crippen LogP contribution in [0, 0.1) is 0 Å². The van der Waals surface area contributed by atoms with E-state index in [0.29, 0.717) is 19.3 Å². The SMILES string of the molecule is CCCCCCC/C=C\C/C=C\C/C=C\CCCCCCCCCCCCCCCCC(=O)OCC(COC(=O)CCCCCCCC)OC(=O)CCCCCCCCCCCCC/C=C\CCCCCCCCCC. The fraction of sp³-hybridized carbons (Fsp3) is 0.843. The van der Waals surface area contributed by atoms with E-state index in [-0.39, 0.29) is 31.1 Å². The molecule has 0 aliphatic heterocycles. The second-order valence-corrected chi connectivity index (χ2v) is 22.7. The maximum atomic E-state index is 12.9. The average Bonchev–Trinajstić information content (AvgIpc) is 3.42. The fourth-order valence-corrected chi connectivity index (χ4v) is 9.98. The number of carbonyl (C=O) groups is 3. The van der Waals surface area contributed by atoms with Crippen LogP contribution in [0.3, 0.4) is 0 Å². The molecule has 0 aromatic carbocycles. The van der Waals surface area contributed by atoms with Crippen LogP contribution in [0.4, 0.5) is 0 Å². The van der Waals surface area contributed by atoms with Gasteiger partial charge in [-0.3, -0.25) is 14.4 Å². The maximum Gasteiger partial charge on any atom is 0.306 e. The summed E-state index contributed by atoms with van der Waals surface area (Å²) in [5.41, 5.74) is 0. The first-order valence-corrected chi connectivity index (χ1v) is 33.6. The number of ether oxygens (including phenoxy) is 3. The summed E-state index contributed by atoms with van der Waals surface area (Å²) in [5, 5.41) is 0. The van der Waals surface area contributed by atoms with Crippen molar-refractivity contribution in [3.63, 3.8) is 0 Å². The van der Waals surface area contributed by atoms with Crippen LogP contribution in [0.1, 0.15) is 361 Å². The first-order valence-electron chi connectivity index (χ1n) is 33.6. The van der Waals surface area contributed by atoms with E-state index in [2.05, 4.69) is 69.4 Å². The molecular weight excluding hydrogens is 937 g/mol. The van der Waals surface area contributed by atoms with Gasteiger partial charge in [0.1, 0.15) is 13.2 Å². The van der Waals surface area contributed by atoms with Crippen molar-refractivity contribution in [3.8, 4) is 0 Å². The molecule has 0 bridgehead atoms. The number of allylic oxidation sites excluding steroid dienone is 8. The van der Waals surface area contributed by atoms with Crippen LogP contribution in [-0.4, -0.2) is 37.2 Å². The molecule has 76 heavy (non-hydrogen) atoms. The van der Waals surface area contributed by atoms with Crippen LogP contribution in [0.25, 0.3) is 0 Å². The topological polar surface area (TPSA) is 78.9 Å². The monoisotopic (exact) mass is 1060 g/mol. The van der Waals surface area contributed by atoms with Crippen molar-refractivity contribution in [1.82, 2.24) is 0 Å². The van der Waals surface area contributed by atoms with Crippen molar-refractivity contribution in [1.29, 1.82) is 0 Å². The van der Waals surface area contributed by atoms with Gasteiger partial charge in [0.15, 0.2) is 6.10 Å². The molecule has 1 atom stereocenters. The highest BCUT2D eigenvalue weighted by atomic mass is 16.6. The largest absolute Gasteiger partial charge is 0.462 e. The molecule has 0 fully saturated rings. The number of esters is 3. The molecule has 0 N–H and O–H groups in total. The van der Waals surface area contributed by atoms with Crippen LogP contribution in [0.2, 0.25) is 0 Å². The lowest BCUT2D eigenvalue weighted by Crippen LogP contribution is -2.30. The summed E-state index contributed by atoms with van der Waals surface area (Å²) in [7, 11) is 0. The highest BCUT2D eigenvalue weighted by Crippen LogP contribution is 2.17. The van der Waals surface area contributed by atoms with Gasteiger partial charge < -0.3 is 14.2 Å². The third kappa shape index (κ3) is 62.2. The molecule has 0 aliphatic rings. The molecule has 0 amide bonds. The van der Waals surface area contributed by atoms with Crippen molar-refractivity contribution in [2.45, 2.75) is 367 Å². The van der Waals surface area contributed by atoms with Gasteiger partial charge in [0.2, 0.25) is 0 Å². The summed E-state index contributed by atoms with van der Waals surface area (Å²) in [5.74, 6) is -0.862. The Morgan fingerprint density at radius 1 is 0.263 bits per heavy atom. The normalized spacial score (nSPS) is 12.3. The Morgan fingerprint density at radius 2 is 0.474 bits per heavy atom. The van der Waals surface area contributed by atoms with Gasteiger partial charge in [0.05, 0.1) is 0 Å². The minimum absolute atomic E-state index is 0.0702. The molecule has 0 saturated carbocycles. The maximum absolute atomic E-state index is 12.9. The van der Waals surface area contributed by atoms with Crippen molar-refractivity contribution >= 4 is 17.9 Å². The molecule has 0 rings (SSSR count). The molecule has 0 aromatic heterocycles. The summed E-state index contributed by atoms with van der Waals surface area (Å²) in [6, 6.07) is 0. The third-order valence-corrected chi connectivity index (χ3v) is 15.1. The van der Waals surface area contributed by atoms with Gasteiger partial charge in [-0.25, -0.2) is 0 Å². The standard InChI is InChI=1S/C70H128O6/c1-4-7-10-13-16-18-20-22-24-26-28-30-32-33-34-35-36-37-39-40-42-44-46-48-50-52-54-57-60-63-69(72)75-66-67(65-74-68(71)62-59-56-15-12-9-6-3)76-70(73)64-61-58-55-53-51-49-47-45-43-41-38-31-29-27-25-23-21-19-17-14-11-8-5-2/h20,22,26-29,32-33,67H,4-19,21,23-25,30-31,34-66H2,1-3H3/b22-20-,28-26-,29-27-,33-32-. The summed E-state index contributed by atoms with van der Waals surface area (Å²) < 4.78 is 16.8. The summed E-state index contributed by atoms with van der Waals surface area (Å²) in [6.07, 6.45) is 81.7. The van der Waals surface area contributed by atoms with Crippen molar-refractivity contribution in [2.24, 2.45) is 0 Å². The first kappa shape index (κ1) is 73.4. The molecule has 1 unspecified atom stereocenters. The minimum atomic E-state index is -0.770. The zero-order valence-corrected chi connectivity index (χ0v) is 51.0. The highest BCUT2D eigenvalue weighted by Gasteiger charge is 2.19. The molecule has 0 aliphatic carbocycles. The zero-order chi connectivity index (χ0) is 55.0. The average molecular weight is 1070 g/mol. The van der Waals surface area contributed by atoms with Crippen LogP contribution in [0.15, 0.2) is 48.6 Å². The van der Waals surface area contributed by atoms with Crippen molar-refractivity contribution in [2.75, 3.05) is 13.2 Å². The van der Waals surface area contributed by atoms with E-state index < -0.39 is 6.10 Å². The number of unbranched alkanes of at least 4 members (excludes halogenated alkanes) is 43. The quantitative estimate of drug-likeness (QED) is 0.0261. The van der Waals surface area contributed by atoms with Crippen LogP contribution >= 0.6 is 0 Å². The highest BCUT2D eigenvalue weighted by molar-refractivity contribution is 5.71. The molecule has 0 saturated heterocycles. The summed E-state index contributed by atoms with van der Waals surface area (Å²) >= 11 is 0. The Labute approximate surface area is 473 Å². The second-order valence-electron chi connectivity index (χ2n) is 22.7. The predicted molar refractivity (Wildman–Crippen MR) is 330 cm³/mol. The Hall–Kier alpha value is -2.63. The molecule has 6 heteroatoms. The number of carbonyl (C=O) groups excluding carboxylic acids is 3. The van der Waals surface area contributed by atoms with E-state index in [9.17, 15) is 14.4 Å². The lowest BCUT2D eigenvalue weighted by atomic mass is 10.0. The molecule has 0 spiro atoms. The fourth-order valence-electron chi connectivity index (χ4n) is 9.98. The molecular formula is C70H128O6. The third-order valence-electron chi connectivity index (χ3n) is 15.1. The Bertz CT molecular complexity index is 1310. The molecule has 0 aromatic rings. The van der Waals surface area contributed by atoms with Crippen LogP contribution in [0.5, 0.6) is 0 Å². The first-order chi connectivity index (χ1) is 37.5. The molecule has 0 heterocycles. The lowest BCUT2D eigenvalue weighted by Gasteiger charge is -2.18. The molecule has 6 nitrogen and oxygen atoms in total. The van der Waals surface area contributed by atoms with Gasteiger partial charge in [0.25, 0.3) is 0 Å². The minimum Gasteiger partial charge on any atom is -0.462 e. The van der Waals surface area contributed by atoms with Crippen LogP contribution in [-0.2, 0) is 28.6 Å². The van der Waals surface area contributed by atoms with E-state index in [0.717, 1.165) is 70.6 Å². The van der Waals surface area contributed by atoms with E-state index in [4.69, 9.17) is 14.2 Å². The Morgan fingerprint density at radius 3 is 0.750 bits per heavy atom. The van der Waals surface area contributed by atoms with Gasteiger partial charge in [-0.15, -0.1) is 0 Å². The summed E-state index contributed by atoms with van der Waals surface area (Å²) in [4.78, 5) is 38.0.